The molecule has 2 heterocycles. The molecule has 4 rings (SSSR count). The number of nitrogens with one attached hydrogen (secondary N) is 1. The lowest BCUT2D eigenvalue weighted by Gasteiger charge is -2.12. The van der Waals surface area contributed by atoms with Gasteiger partial charge in [0.05, 0.1) is 17.6 Å². The average molecular weight is 386 g/mol. The van der Waals surface area contributed by atoms with Crippen LogP contribution in [-0.4, -0.2) is 9.78 Å². The number of rotatable bonds is 5. The first kappa shape index (κ1) is 17.3. The summed E-state index contributed by atoms with van der Waals surface area (Å²) in [6, 6.07) is 12.2. The van der Waals surface area contributed by atoms with Crippen LogP contribution in [0.5, 0.6) is 0 Å². The van der Waals surface area contributed by atoms with Crippen molar-refractivity contribution in [1.82, 2.24) is 9.78 Å². The Morgan fingerprint density at radius 2 is 1.96 bits per heavy atom. The summed E-state index contributed by atoms with van der Waals surface area (Å²) in [5, 5.41) is 9.66. The van der Waals surface area contributed by atoms with Crippen molar-refractivity contribution in [2.24, 2.45) is 0 Å². The van der Waals surface area contributed by atoms with Crippen LogP contribution in [0.2, 0.25) is 5.02 Å². The Morgan fingerprint density at radius 1 is 1.19 bits per heavy atom. The second-order valence-electron chi connectivity index (χ2n) is 6.60. The van der Waals surface area contributed by atoms with Gasteiger partial charge in [-0.15, -0.1) is 11.3 Å². The van der Waals surface area contributed by atoms with E-state index in [4.69, 9.17) is 11.6 Å². The highest BCUT2D eigenvalue weighted by Gasteiger charge is 2.17. The molecule has 1 aromatic carbocycles. The molecule has 0 radical (unpaired) electrons. The minimum Gasteiger partial charge on any atom is -0.377 e. The van der Waals surface area contributed by atoms with E-state index in [1.54, 1.807) is 17.5 Å². The maximum atomic E-state index is 12.6. The number of anilines is 1. The third-order valence-corrected chi connectivity index (χ3v) is 6.16. The summed E-state index contributed by atoms with van der Waals surface area (Å²) in [5.74, 6) is 0.654. The molecule has 134 valence electrons. The zero-order chi connectivity index (χ0) is 17.9. The summed E-state index contributed by atoms with van der Waals surface area (Å²) in [5.41, 5.74) is 2.34. The lowest BCUT2D eigenvalue weighted by molar-refractivity contribution is 0.721. The van der Waals surface area contributed by atoms with E-state index in [0.717, 1.165) is 5.69 Å². The highest BCUT2D eigenvalue weighted by molar-refractivity contribution is 7.09. The summed E-state index contributed by atoms with van der Waals surface area (Å²) in [6.45, 7) is 0.624. The van der Waals surface area contributed by atoms with Gasteiger partial charge in [-0.05, 0) is 47.9 Å². The van der Waals surface area contributed by atoms with Crippen LogP contribution in [0.3, 0.4) is 0 Å². The van der Waals surface area contributed by atoms with Crippen molar-refractivity contribution in [3.63, 3.8) is 0 Å². The molecule has 0 unspecified atom stereocenters. The summed E-state index contributed by atoms with van der Waals surface area (Å²) >= 11 is 7.95. The van der Waals surface area contributed by atoms with Gasteiger partial charge in [-0.25, -0.2) is 0 Å². The van der Waals surface area contributed by atoms with E-state index in [-0.39, 0.29) is 10.6 Å². The molecule has 1 aliphatic rings. The molecule has 1 aliphatic carbocycles. The van der Waals surface area contributed by atoms with Crippen LogP contribution in [-0.2, 0) is 6.54 Å². The van der Waals surface area contributed by atoms with Gasteiger partial charge in [0.2, 0.25) is 0 Å². The number of nitrogens with zero attached hydrogens (tertiary/aromatic N) is 2. The number of halogens is 1. The number of benzene rings is 1. The highest BCUT2D eigenvalue weighted by atomic mass is 35.5. The zero-order valence-corrected chi connectivity index (χ0v) is 15.9. The van der Waals surface area contributed by atoms with Crippen molar-refractivity contribution in [1.29, 1.82) is 0 Å². The second-order valence-corrected chi connectivity index (χ2v) is 8.01. The Bertz CT molecular complexity index is 929. The van der Waals surface area contributed by atoms with Crippen LogP contribution in [0, 0.1) is 0 Å². The fraction of sp³-hybridized carbons (Fsp3) is 0.300. The van der Waals surface area contributed by atoms with Gasteiger partial charge in [0.15, 0.2) is 0 Å². The molecule has 2 aromatic heterocycles. The van der Waals surface area contributed by atoms with Gasteiger partial charge in [0, 0.05) is 11.4 Å². The van der Waals surface area contributed by atoms with Crippen molar-refractivity contribution < 1.29 is 0 Å². The Morgan fingerprint density at radius 3 is 2.65 bits per heavy atom. The predicted octanol–water partition coefficient (Wildman–Crippen LogP) is 5.22. The van der Waals surface area contributed by atoms with Gasteiger partial charge in [-0.3, -0.25) is 4.79 Å². The van der Waals surface area contributed by atoms with E-state index in [1.165, 1.54) is 40.8 Å². The zero-order valence-electron chi connectivity index (χ0n) is 14.3. The van der Waals surface area contributed by atoms with Crippen molar-refractivity contribution in [3.05, 3.63) is 73.8 Å². The molecule has 0 spiro atoms. The van der Waals surface area contributed by atoms with E-state index >= 15 is 0 Å². The molecule has 4 nitrogen and oxygen atoms in total. The van der Waals surface area contributed by atoms with E-state index in [0.29, 0.717) is 18.2 Å². The number of hydrogen-bond donors (Lipinski definition) is 1. The number of hydrogen-bond acceptors (Lipinski definition) is 4. The van der Waals surface area contributed by atoms with Gasteiger partial charge in [0.1, 0.15) is 5.02 Å². The SMILES string of the molecule is O=c1c(Cl)c(NCc2cccs2)cnn1-c1ccc(C2CCCC2)cc1. The van der Waals surface area contributed by atoms with Crippen molar-refractivity contribution in [2.45, 2.75) is 38.1 Å². The topological polar surface area (TPSA) is 46.9 Å². The normalized spacial score (nSPS) is 14.7. The highest BCUT2D eigenvalue weighted by Crippen LogP contribution is 2.34. The van der Waals surface area contributed by atoms with Gasteiger partial charge in [-0.2, -0.15) is 9.78 Å². The van der Waals surface area contributed by atoms with Crippen LogP contribution < -0.4 is 10.9 Å². The predicted molar refractivity (Wildman–Crippen MR) is 108 cm³/mol. The lowest BCUT2D eigenvalue weighted by Crippen LogP contribution is -2.22. The number of aromatic nitrogens is 2. The van der Waals surface area contributed by atoms with Crippen LogP contribution >= 0.6 is 22.9 Å². The quantitative estimate of drug-likeness (QED) is 0.655. The maximum Gasteiger partial charge on any atom is 0.292 e. The molecular formula is C20H20ClN3OS. The molecule has 0 amide bonds. The van der Waals surface area contributed by atoms with Crippen molar-refractivity contribution >= 4 is 28.6 Å². The van der Waals surface area contributed by atoms with E-state index in [1.807, 2.05) is 29.6 Å². The van der Waals surface area contributed by atoms with Gasteiger partial charge in [0.25, 0.3) is 5.56 Å². The first-order valence-electron chi connectivity index (χ1n) is 8.87. The average Bonchev–Trinajstić information content (AvgIpc) is 3.37. The van der Waals surface area contributed by atoms with Crippen molar-refractivity contribution in [2.75, 3.05) is 5.32 Å². The van der Waals surface area contributed by atoms with Crippen LogP contribution in [0.25, 0.3) is 5.69 Å². The molecule has 1 N–H and O–H groups in total. The molecule has 6 heteroatoms. The van der Waals surface area contributed by atoms with Crippen molar-refractivity contribution in [3.8, 4) is 5.69 Å². The molecule has 0 bridgehead atoms. The van der Waals surface area contributed by atoms with E-state index < -0.39 is 0 Å². The first-order chi connectivity index (χ1) is 12.7. The minimum absolute atomic E-state index is 0.163. The lowest BCUT2D eigenvalue weighted by atomic mass is 9.98. The molecule has 3 aromatic rings. The Balaban J connectivity index is 1.55. The number of thiophene rings is 1. The summed E-state index contributed by atoms with van der Waals surface area (Å²) < 4.78 is 1.36. The molecule has 1 saturated carbocycles. The van der Waals surface area contributed by atoms with Crippen LogP contribution in [0.15, 0.2) is 52.8 Å². The van der Waals surface area contributed by atoms with Crippen LogP contribution in [0.1, 0.15) is 42.0 Å². The minimum atomic E-state index is -0.309. The summed E-state index contributed by atoms with van der Waals surface area (Å²) in [4.78, 5) is 13.8. The molecule has 0 aliphatic heterocycles. The summed E-state index contributed by atoms with van der Waals surface area (Å²) in [6.07, 6.45) is 6.75. The van der Waals surface area contributed by atoms with Gasteiger partial charge >= 0.3 is 0 Å². The Kier molecular flexibility index (Phi) is 5.09. The fourth-order valence-corrected chi connectivity index (χ4v) is 4.32. The third kappa shape index (κ3) is 3.55. The van der Waals surface area contributed by atoms with Crippen LogP contribution in [0.4, 0.5) is 5.69 Å². The second kappa shape index (κ2) is 7.64. The molecular weight excluding hydrogens is 366 g/mol. The fourth-order valence-electron chi connectivity index (χ4n) is 3.48. The molecule has 1 fully saturated rings. The summed E-state index contributed by atoms with van der Waals surface area (Å²) in [7, 11) is 0. The molecule has 0 atom stereocenters. The van der Waals surface area contributed by atoms with E-state index in [9.17, 15) is 4.79 Å². The monoisotopic (exact) mass is 385 g/mol. The Hall–Kier alpha value is -2.11. The largest absolute Gasteiger partial charge is 0.377 e. The Labute approximate surface area is 161 Å². The molecule has 26 heavy (non-hydrogen) atoms. The van der Waals surface area contributed by atoms with E-state index in [2.05, 4.69) is 22.5 Å². The molecule has 0 saturated heterocycles. The smallest absolute Gasteiger partial charge is 0.292 e. The van der Waals surface area contributed by atoms with Gasteiger partial charge < -0.3 is 5.32 Å². The third-order valence-electron chi connectivity index (χ3n) is 4.92. The maximum absolute atomic E-state index is 12.6. The standard InChI is InChI=1S/C20H20ClN3OS/c21-19-18(22-12-17-6-3-11-26-17)13-23-24(20(19)25)16-9-7-15(8-10-16)14-4-1-2-5-14/h3,6-11,13-14,22H,1-2,4-5,12H2. The van der Waals surface area contributed by atoms with Gasteiger partial charge in [-0.1, -0.05) is 42.6 Å². The first-order valence-corrected chi connectivity index (χ1v) is 10.1.